The highest BCUT2D eigenvalue weighted by molar-refractivity contribution is 6.21. The Morgan fingerprint density at radius 1 is 1.43 bits per heavy atom. The van der Waals surface area contributed by atoms with Gasteiger partial charge in [0, 0.05) is 20.2 Å². The Bertz CT molecular complexity index is 579. The van der Waals surface area contributed by atoms with E-state index in [-0.39, 0.29) is 6.61 Å². The lowest BCUT2D eigenvalue weighted by atomic mass is 10.2. The SMILES string of the molecule is CCOC(=O)C=[N+](C=O)c1ccccc1N(C)C(C)=NC. The van der Waals surface area contributed by atoms with Crippen LogP contribution in [0.2, 0.25) is 0 Å². The van der Waals surface area contributed by atoms with E-state index in [4.69, 9.17) is 4.74 Å². The Hall–Kier alpha value is -2.50. The average Bonchev–Trinajstić information content (AvgIpc) is 2.51. The molecule has 6 heteroatoms. The molecule has 0 N–H and O–H groups in total. The van der Waals surface area contributed by atoms with Crippen molar-refractivity contribution in [1.29, 1.82) is 0 Å². The summed E-state index contributed by atoms with van der Waals surface area (Å²) in [5.74, 6) is 0.215. The van der Waals surface area contributed by atoms with Crippen LogP contribution in [-0.2, 0) is 14.3 Å². The summed E-state index contributed by atoms with van der Waals surface area (Å²) in [6, 6.07) is 7.24. The number of amides is 1. The molecule has 1 aromatic carbocycles. The van der Waals surface area contributed by atoms with Crippen molar-refractivity contribution in [3.63, 3.8) is 0 Å². The maximum absolute atomic E-state index is 11.5. The van der Waals surface area contributed by atoms with Gasteiger partial charge in [0.2, 0.25) is 5.69 Å². The summed E-state index contributed by atoms with van der Waals surface area (Å²) in [4.78, 5) is 28.8. The van der Waals surface area contributed by atoms with Gasteiger partial charge in [0.1, 0.15) is 5.69 Å². The number of benzene rings is 1. The lowest BCUT2D eigenvalue weighted by Crippen LogP contribution is -2.25. The molecule has 0 spiro atoms. The zero-order valence-electron chi connectivity index (χ0n) is 12.7. The van der Waals surface area contributed by atoms with Crippen LogP contribution < -0.4 is 4.90 Å². The number of aliphatic imine (C=N–C) groups is 1. The van der Waals surface area contributed by atoms with Gasteiger partial charge in [0.05, 0.1) is 12.4 Å². The fourth-order valence-electron chi connectivity index (χ4n) is 1.74. The highest BCUT2D eigenvalue weighted by Crippen LogP contribution is 2.26. The lowest BCUT2D eigenvalue weighted by molar-refractivity contribution is -0.343. The Kier molecular flexibility index (Phi) is 6.26. The largest absolute Gasteiger partial charge is 0.458 e. The number of rotatable bonds is 5. The van der Waals surface area contributed by atoms with Crippen molar-refractivity contribution >= 4 is 35.8 Å². The zero-order chi connectivity index (χ0) is 15.8. The van der Waals surface area contributed by atoms with Crippen LogP contribution >= 0.6 is 0 Å². The standard InChI is InChI=1S/C15H20N3O3/c1-5-21-15(20)10-18(11-19)14-9-7-6-8-13(14)17(4)12(2)16-3/h6-11H,5H2,1-4H3/q+1. The molecule has 0 unspecified atom stereocenters. The van der Waals surface area contributed by atoms with Crippen molar-refractivity contribution in [3.8, 4) is 0 Å². The maximum atomic E-state index is 11.5. The molecule has 0 aliphatic heterocycles. The predicted molar refractivity (Wildman–Crippen MR) is 82.6 cm³/mol. The molecule has 21 heavy (non-hydrogen) atoms. The molecule has 1 amide bonds. The van der Waals surface area contributed by atoms with Crippen LogP contribution in [-0.4, -0.2) is 49.7 Å². The highest BCUT2D eigenvalue weighted by atomic mass is 16.5. The van der Waals surface area contributed by atoms with Crippen molar-refractivity contribution in [2.45, 2.75) is 13.8 Å². The number of hydrogen-bond acceptors (Lipinski definition) is 4. The van der Waals surface area contributed by atoms with Gasteiger partial charge in [-0.2, -0.15) is 0 Å². The number of nitrogens with zero attached hydrogens (tertiary/aromatic N) is 3. The number of amidine groups is 1. The van der Waals surface area contributed by atoms with E-state index >= 15 is 0 Å². The molecule has 0 aliphatic carbocycles. The smallest absolute Gasteiger partial charge is 0.396 e. The van der Waals surface area contributed by atoms with E-state index < -0.39 is 5.97 Å². The summed E-state index contributed by atoms with van der Waals surface area (Å²) in [6.45, 7) is 3.82. The number of ether oxygens (including phenoxy) is 1. The van der Waals surface area contributed by atoms with Gasteiger partial charge in [-0.25, -0.2) is 9.59 Å². The molecule has 0 radical (unpaired) electrons. The van der Waals surface area contributed by atoms with E-state index in [0.29, 0.717) is 12.1 Å². The third kappa shape index (κ3) is 4.24. The molecule has 0 aromatic heterocycles. The van der Waals surface area contributed by atoms with Gasteiger partial charge in [0.25, 0.3) is 6.21 Å². The third-order valence-corrected chi connectivity index (χ3v) is 2.97. The van der Waals surface area contributed by atoms with Gasteiger partial charge in [0.15, 0.2) is 0 Å². The summed E-state index contributed by atoms with van der Waals surface area (Å²) >= 11 is 0. The normalized spacial score (nSPS) is 12.0. The fraction of sp³-hybridized carbons (Fsp3) is 0.333. The Morgan fingerprint density at radius 3 is 2.67 bits per heavy atom. The zero-order valence-corrected chi connectivity index (χ0v) is 12.7. The quantitative estimate of drug-likeness (QED) is 0.272. The molecule has 0 bridgehead atoms. The first-order valence-electron chi connectivity index (χ1n) is 6.56. The number of esters is 1. The Balaban J connectivity index is 3.29. The Morgan fingerprint density at radius 2 is 2.10 bits per heavy atom. The molecule has 6 nitrogen and oxygen atoms in total. The van der Waals surface area contributed by atoms with Crippen molar-refractivity contribution < 1.29 is 18.9 Å². The van der Waals surface area contributed by atoms with Gasteiger partial charge < -0.3 is 9.64 Å². The van der Waals surface area contributed by atoms with Crippen LogP contribution in [0, 0.1) is 0 Å². The molecular weight excluding hydrogens is 270 g/mol. The van der Waals surface area contributed by atoms with Gasteiger partial charge in [-0.1, -0.05) is 12.1 Å². The van der Waals surface area contributed by atoms with Crippen LogP contribution in [0.15, 0.2) is 29.3 Å². The number of para-hydroxylation sites is 2. The van der Waals surface area contributed by atoms with Gasteiger partial charge >= 0.3 is 12.4 Å². The van der Waals surface area contributed by atoms with Crippen LogP contribution in [0.4, 0.5) is 11.4 Å². The van der Waals surface area contributed by atoms with Crippen LogP contribution in [0.5, 0.6) is 0 Å². The molecule has 0 atom stereocenters. The van der Waals surface area contributed by atoms with E-state index in [9.17, 15) is 9.59 Å². The van der Waals surface area contributed by atoms with E-state index in [0.717, 1.165) is 17.7 Å². The van der Waals surface area contributed by atoms with Crippen LogP contribution in [0.3, 0.4) is 0 Å². The maximum Gasteiger partial charge on any atom is 0.396 e. The summed E-state index contributed by atoms with van der Waals surface area (Å²) < 4.78 is 6.03. The first-order chi connectivity index (χ1) is 10.0. The van der Waals surface area contributed by atoms with Crippen molar-refractivity contribution in [3.05, 3.63) is 24.3 Å². The van der Waals surface area contributed by atoms with Crippen LogP contribution in [0.25, 0.3) is 0 Å². The summed E-state index contributed by atoms with van der Waals surface area (Å²) in [5, 5.41) is 0. The number of hydrogen-bond donors (Lipinski definition) is 0. The molecule has 0 saturated heterocycles. The Labute approximate surface area is 124 Å². The molecule has 0 saturated carbocycles. The second-order valence-corrected chi connectivity index (χ2v) is 4.21. The average molecular weight is 290 g/mol. The van der Waals surface area contributed by atoms with Crippen LogP contribution in [0.1, 0.15) is 13.8 Å². The third-order valence-electron chi connectivity index (χ3n) is 2.97. The van der Waals surface area contributed by atoms with E-state index in [1.807, 2.05) is 31.0 Å². The summed E-state index contributed by atoms with van der Waals surface area (Å²) in [6.07, 6.45) is 1.70. The minimum atomic E-state index is -0.567. The van der Waals surface area contributed by atoms with Gasteiger partial charge in [-0.15, -0.1) is 4.58 Å². The minimum Gasteiger partial charge on any atom is -0.458 e. The molecular formula is C15H20N3O3+. The molecule has 0 aliphatic rings. The fourth-order valence-corrected chi connectivity index (χ4v) is 1.74. The molecule has 0 heterocycles. The summed E-state index contributed by atoms with van der Waals surface area (Å²) in [7, 11) is 3.53. The lowest BCUT2D eigenvalue weighted by Gasteiger charge is -2.18. The monoisotopic (exact) mass is 290 g/mol. The second kappa shape index (κ2) is 7.94. The molecule has 1 aromatic rings. The molecule has 1 rings (SSSR count). The number of carbonyl (C=O) groups excluding carboxylic acids is 2. The van der Waals surface area contributed by atoms with Crippen molar-refractivity contribution in [2.75, 3.05) is 25.6 Å². The topological polar surface area (TPSA) is 62.0 Å². The first kappa shape index (κ1) is 16.6. The first-order valence-corrected chi connectivity index (χ1v) is 6.56. The number of anilines is 1. The predicted octanol–water partition coefficient (Wildman–Crippen LogP) is 1.61. The highest BCUT2D eigenvalue weighted by Gasteiger charge is 2.20. The summed E-state index contributed by atoms with van der Waals surface area (Å²) in [5.41, 5.74) is 1.33. The van der Waals surface area contributed by atoms with Crippen molar-refractivity contribution in [1.82, 2.24) is 0 Å². The number of carbonyl (C=O) groups is 2. The van der Waals surface area contributed by atoms with Crippen molar-refractivity contribution in [2.24, 2.45) is 4.99 Å². The minimum absolute atomic E-state index is 0.255. The van der Waals surface area contributed by atoms with Gasteiger partial charge in [-0.05, 0) is 19.9 Å². The van der Waals surface area contributed by atoms with E-state index in [1.54, 1.807) is 26.1 Å². The molecule has 0 fully saturated rings. The van der Waals surface area contributed by atoms with Gasteiger partial charge in [-0.3, -0.25) is 4.99 Å². The van der Waals surface area contributed by atoms with E-state index in [2.05, 4.69) is 4.99 Å². The second-order valence-electron chi connectivity index (χ2n) is 4.21. The van der Waals surface area contributed by atoms with E-state index in [1.165, 1.54) is 4.58 Å². The molecule has 112 valence electrons.